The molecule has 18 heavy (non-hydrogen) atoms. The van der Waals surface area contributed by atoms with Crippen LogP contribution in [0, 0.1) is 0 Å². The number of rotatable bonds is 4. The molecule has 0 radical (unpaired) electrons. The molecule has 1 N–H and O–H groups in total. The topological polar surface area (TPSA) is 31.4 Å². The van der Waals surface area contributed by atoms with Crippen LogP contribution in [0.5, 0.6) is 0 Å². The lowest BCUT2D eigenvalue weighted by molar-refractivity contribution is 0.312. The number of nitrogens with zero attached hydrogens (tertiary/aromatic N) is 3. The zero-order valence-corrected chi connectivity index (χ0v) is 11.7. The first-order chi connectivity index (χ1) is 8.65. The second-order valence-corrected chi connectivity index (χ2v) is 5.35. The first-order valence-corrected chi connectivity index (χ1v) is 6.77. The van der Waals surface area contributed by atoms with Gasteiger partial charge in [-0.2, -0.15) is 0 Å². The molecule has 0 amide bonds. The molecule has 0 saturated carbocycles. The molecule has 0 spiro atoms. The van der Waals surface area contributed by atoms with E-state index >= 15 is 0 Å². The Balaban J connectivity index is 1.91. The quantitative estimate of drug-likeness (QED) is 0.871. The molecule has 0 aromatic carbocycles. The minimum atomic E-state index is 0.516. The fraction of sp³-hybridized carbons (Fsp3) is 0.643. The fourth-order valence-electron chi connectivity index (χ4n) is 2.07. The number of piperazine rings is 1. The lowest BCUT2D eigenvalue weighted by atomic mass is 10.2. The van der Waals surface area contributed by atoms with Gasteiger partial charge in [0.2, 0.25) is 0 Å². The number of hydrogen-bond donors (Lipinski definition) is 1. The van der Waals surface area contributed by atoms with Crippen LogP contribution in [0.3, 0.4) is 0 Å². The molecular formula is C14H24N4. The lowest BCUT2D eigenvalue weighted by Gasteiger charge is -2.33. The maximum Gasteiger partial charge on any atom is 0.128 e. The van der Waals surface area contributed by atoms with E-state index in [1.807, 2.05) is 6.20 Å². The van der Waals surface area contributed by atoms with E-state index in [0.717, 1.165) is 38.5 Å². The van der Waals surface area contributed by atoms with Crippen molar-refractivity contribution in [1.29, 1.82) is 0 Å². The summed E-state index contributed by atoms with van der Waals surface area (Å²) in [6.07, 6.45) is 1.99. The van der Waals surface area contributed by atoms with Gasteiger partial charge in [0.25, 0.3) is 0 Å². The van der Waals surface area contributed by atoms with Gasteiger partial charge in [-0.3, -0.25) is 0 Å². The summed E-state index contributed by atoms with van der Waals surface area (Å²) >= 11 is 0. The Morgan fingerprint density at radius 1 is 1.22 bits per heavy atom. The number of hydrogen-bond acceptors (Lipinski definition) is 4. The molecule has 1 saturated heterocycles. The van der Waals surface area contributed by atoms with Gasteiger partial charge in [-0.1, -0.05) is 19.9 Å². The molecule has 0 bridgehead atoms. The predicted molar refractivity (Wildman–Crippen MR) is 75.9 cm³/mol. The van der Waals surface area contributed by atoms with Gasteiger partial charge in [-0.05, 0) is 18.7 Å². The molecule has 1 aliphatic heterocycles. The number of anilines is 1. The molecule has 1 aromatic rings. The Bertz CT molecular complexity index is 353. The maximum atomic E-state index is 4.57. The molecule has 100 valence electrons. The number of pyridine rings is 1. The SMILES string of the molecule is CC(C)NCc1ccc(N2CCN(C)CC2)nc1. The number of aromatic nitrogens is 1. The highest BCUT2D eigenvalue weighted by Gasteiger charge is 2.14. The average Bonchev–Trinajstić information content (AvgIpc) is 2.38. The van der Waals surface area contributed by atoms with Gasteiger partial charge in [0.05, 0.1) is 0 Å². The van der Waals surface area contributed by atoms with Gasteiger partial charge in [0.1, 0.15) is 5.82 Å². The summed E-state index contributed by atoms with van der Waals surface area (Å²) in [5, 5.41) is 3.41. The molecule has 4 heteroatoms. The van der Waals surface area contributed by atoms with Gasteiger partial charge in [0, 0.05) is 45.0 Å². The van der Waals surface area contributed by atoms with Gasteiger partial charge in [0.15, 0.2) is 0 Å². The van der Waals surface area contributed by atoms with E-state index in [2.05, 4.69) is 53.1 Å². The van der Waals surface area contributed by atoms with Gasteiger partial charge < -0.3 is 15.1 Å². The van der Waals surface area contributed by atoms with Crippen LogP contribution in [0.15, 0.2) is 18.3 Å². The minimum Gasteiger partial charge on any atom is -0.354 e. The van der Waals surface area contributed by atoms with E-state index in [1.165, 1.54) is 5.56 Å². The van der Waals surface area contributed by atoms with Gasteiger partial charge in [-0.25, -0.2) is 4.98 Å². The first kappa shape index (κ1) is 13.3. The summed E-state index contributed by atoms with van der Waals surface area (Å²) in [6.45, 7) is 9.61. The van der Waals surface area contributed by atoms with E-state index < -0.39 is 0 Å². The summed E-state index contributed by atoms with van der Waals surface area (Å²) in [5.74, 6) is 1.11. The number of likely N-dealkylation sites (N-methyl/N-ethyl adjacent to an activating group) is 1. The van der Waals surface area contributed by atoms with E-state index in [1.54, 1.807) is 0 Å². The van der Waals surface area contributed by atoms with Crippen molar-refractivity contribution in [1.82, 2.24) is 15.2 Å². The zero-order valence-electron chi connectivity index (χ0n) is 11.7. The molecule has 2 heterocycles. The first-order valence-electron chi connectivity index (χ1n) is 6.77. The summed E-state index contributed by atoms with van der Waals surface area (Å²) < 4.78 is 0. The van der Waals surface area contributed by atoms with Crippen molar-refractivity contribution in [3.63, 3.8) is 0 Å². The van der Waals surface area contributed by atoms with Crippen molar-refractivity contribution in [2.45, 2.75) is 26.4 Å². The highest BCUT2D eigenvalue weighted by atomic mass is 15.3. The minimum absolute atomic E-state index is 0.516. The van der Waals surface area contributed by atoms with E-state index in [4.69, 9.17) is 0 Å². The Kier molecular flexibility index (Phi) is 4.55. The lowest BCUT2D eigenvalue weighted by Crippen LogP contribution is -2.44. The van der Waals surface area contributed by atoms with Crippen LogP contribution in [0.2, 0.25) is 0 Å². The third-order valence-corrected chi connectivity index (χ3v) is 3.35. The van der Waals surface area contributed by atoms with E-state index in [9.17, 15) is 0 Å². The highest BCUT2D eigenvalue weighted by molar-refractivity contribution is 5.39. The second kappa shape index (κ2) is 6.16. The van der Waals surface area contributed by atoms with E-state index in [-0.39, 0.29) is 0 Å². The Morgan fingerprint density at radius 3 is 2.50 bits per heavy atom. The molecule has 2 rings (SSSR count). The van der Waals surface area contributed by atoms with Crippen molar-refractivity contribution in [3.05, 3.63) is 23.9 Å². The molecule has 1 aliphatic rings. The van der Waals surface area contributed by atoms with Crippen LogP contribution in [-0.4, -0.2) is 49.2 Å². The van der Waals surface area contributed by atoms with Crippen molar-refractivity contribution >= 4 is 5.82 Å². The van der Waals surface area contributed by atoms with Crippen LogP contribution < -0.4 is 10.2 Å². The van der Waals surface area contributed by atoms with Crippen LogP contribution >= 0.6 is 0 Å². The van der Waals surface area contributed by atoms with E-state index in [0.29, 0.717) is 6.04 Å². The Hall–Kier alpha value is -1.13. The zero-order chi connectivity index (χ0) is 13.0. The molecule has 0 unspecified atom stereocenters. The van der Waals surface area contributed by atoms with Gasteiger partial charge in [-0.15, -0.1) is 0 Å². The molecule has 0 aliphatic carbocycles. The molecule has 0 atom stereocenters. The molecule has 4 nitrogen and oxygen atoms in total. The monoisotopic (exact) mass is 248 g/mol. The predicted octanol–water partition coefficient (Wildman–Crippen LogP) is 1.33. The van der Waals surface area contributed by atoms with Crippen LogP contribution in [0.25, 0.3) is 0 Å². The maximum absolute atomic E-state index is 4.57. The normalized spacial score (nSPS) is 17.4. The standard InChI is InChI=1S/C14H24N4/c1-12(2)15-10-13-4-5-14(16-11-13)18-8-6-17(3)7-9-18/h4-5,11-12,15H,6-10H2,1-3H3. The largest absolute Gasteiger partial charge is 0.354 e. The van der Waals surface area contributed by atoms with Gasteiger partial charge >= 0.3 is 0 Å². The summed E-state index contributed by atoms with van der Waals surface area (Å²) in [7, 11) is 2.17. The summed E-state index contributed by atoms with van der Waals surface area (Å²) in [4.78, 5) is 9.29. The Labute approximate surface area is 110 Å². The molecule has 1 aromatic heterocycles. The van der Waals surface area contributed by atoms with Crippen molar-refractivity contribution in [2.75, 3.05) is 38.1 Å². The average molecular weight is 248 g/mol. The second-order valence-electron chi connectivity index (χ2n) is 5.35. The fourth-order valence-corrected chi connectivity index (χ4v) is 2.07. The summed E-state index contributed by atoms with van der Waals surface area (Å²) in [5.41, 5.74) is 1.25. The van der Waals surface area contributed by atoms with Crippen LogP contribution in [0.4, 0.5) is 5.82 Å². The third kappa shape index (κ3) is 3.68. The molecular weight excluding hydrogens is 224 g/mol. The van der Waals surface area contributed by atoms with Crippen molar-refractivity contribution < 1.29 is 0 Å². The Morgan fingerprint density at radius 2 is 1.94 bits per heavy atom. The van der Waals surface area contributed by atoms with Crippen LogP contribution in [0.1, 0.15) is 19.4 Å². The van der Waals surface area contributed by atoms with Crippen LogP contribution in [-0.2, 0) is 6.54 Å². The highest BCUT2D eigenvalue weighted by Crippen LogP contribution is 2.13. The van der Waals surface area contributed by atoms with Crippen molar-refractivity contribution in [3.8, 4) is 0 Å². The number of nitrogens with one attached hydrogen (secondary N) is 1. The summed E-state index contributed by atoms with van der Waals surface area (Å²) in [6, 6.07) is 4.83. The smallest absolute Gasteiger partial charge is 0.128 e. The third-order valence-electron chi connectivity index (χ3n) is 3.35. The molecule has 1 fully saturated rings. The van der Waals surface area contributed by atoms with Crippen molar-refractivity contribution in [2.24, 2.45) is 0 Å².